The minimum atomic E-state index is 0.118. The summed E-state index contributed by atoms with van der Waals surface area (Å²) >= 11 is 3.42. The number of benzene rings is 1. The van der Waals surface area contributed by atoms with Crippen LogP contribution in [-0.2, 0) is 0 Å². The quantitative estimate of drug-likeness (QED) is 0.866. The van der Waals surface area contributed by atoms with Crippen LogP contribution in [0.4, 0.5) is 0 Å². The highest BCUT2D eigenvalue weighted by atomic mass is 79.9. The van der Waals surface area contributed by atoms with Crippen molar-refractivity contribution in [3.8, 4) is 0 Å². The third kappa shape index (κ3) is 2.75. The molecule has 2 rings (SSSR count). The van der Waals surface area contributed by atoms with Crippen LogP contribution in [0.1, 0.15) is 29.3 Å². The van der Waals surface area contributed by atoms with Gasteiger partial charge in [0.15, 0.2) is 0 Å². The van der Waals surface area contributed by atoms with Gasteiger partial charge in [-0.3, -0.25) is 4.79 Å². The van der Waals surface area contributed by atoms with Crippen molar-refractivity contribution < 1.29 is 4.79 Å². The van der Waals surface area contributed by atoms with E-state index in [-0.39, 0.29) is 11.9 Å². The maximum Gasteiger partial charge on any atom is 0.254 e. The first-order valence-electron chi connectivity index (χ1n) is 6.30. The molecule has 4 heteroatoms. The number of halogens is 1. The number of hydrogen-bond donors (Lipinski definition) is 1. The van der Waals surface area contributed by atoms with Crippen LogP contribution in [0, 0.1) is 12.8 Å². The zero-order valence-electron chi connectivity index (χ0n) is 10.8. The molecular weight excluding hydrogens is 292 g/mol. The highest BCUT2D eigenvalue weighted by Gasteiger charge is 2.27. The first-order chi connectivity index (χ1) is 8.49. The summed E-state index contributed by atoms with van der Waals surface area (Å²) < 4.78 is 0.943. The summed E-state index contributed by atoms with van der Waals surface area (Å²) in [7, 11) is 0. The van der Waals surface area contributed by atoms with E-state index in [1.807, 2.05) is 30.0 Å². The number of likely N-dealkylation sites (tertiary alicyclic amines) is 1. The third-order valence-corrected chi connectivity index (χ3v) is 4.18. The highest BCUT2D eigenvalue weighted by Crippen LogP contribution is 2.21. The second-order valence-corrected chi connectivity index (χ2v) is 6.06. The topological polar surface area (TPSA) is 46.3 Å². The summed E-state index contributed by atoms with van der Waals surface area (Å²) in [6.45, 7) is 5.60. The van der Waals surface area contributed by atoms with Crippen molar-refractivity contribution in [2.24, 2.45) is 11.7 Å². The summed E-state index contributed by atoms with van der Waals surface area (Å²) in [6.07, 6.45) is 0.889. The first kappa shape index (κ1) is 13.6. The van der Waals surface area contributed by atoms with Crippen LogP contribution in [-0.4, -0.2) is 29.9 Å². The molecule has 2 atom stereocenters. The summed E-state index contributed by atoms with van der Waals surface area (Å²) in [5, 5.41) is 0. The van der Waals surface area contributed by atoms with E-state index in [0.717, 1.165) is 35.1 Å². The largest absolute Gasteiger partial charge is 0.338 e. The Balaban J connectivity index is 2.19. The molecule has 0 radical (unpaired) electrons. The fourth-order valence-corrected chi connectivity index (χ4v) is 2.70. The number of hydrogen-bond acceptors (Lipinski definition) is 2. The number of nitrogens with two attached hydrogens (primary N) is 1. The zero-order valence-corrected chi connectivity index (χ0v) is 12.4. The number of rotatable bonds is 1. The molecule has 1 saturated heterocycles. The molecule has 1 aromatic rings. The molecule has 0 saturated carbocycles. The second kappa shape index (κ2) is 5.41. The van der Waals surface area contributed by atoms with Gasteiger partial charge in [-0.1, -0.05) is 28.9 Å². The molecule has 1 aliphatic heterocycles. The summed E-state index contributed by atoms with van der Waals surface area (Å²) in [6, 6.07) is 6.05. The minimum absolute atomic E-state index is 0.118. The lowest BCUT2D eigenvalue weighted by Crippen LogP contribution is -2.48. The highest BCUT2D eigenvalue weighted by molar-refractivity contribution is 9.10. The van der Waals surface area contributed by atoms with Gasteiger partial charge < -0.3 is 10.6 Å². The number of nitrogens with zero attached hydrogens (tertiary/aromatic N) is 1. The summed E-state index contributed by atoms with van der Waals surface area (Å²) in [5.41, 5.74) is 7.79. The van der Waals surface area contributed by atoms with Gasteiger partial charge in [0.1, 0.15) is 0 Å². The van der Waals surface area contributed by atoms with Gasteiger partial charge in [0, 0.05) is 29.2 Å². The van der Waals surface area contributed by atoms with Gasteiger partial charge in [-0.2, -0.15) is 0 Å². The molecule has 3 nitrogen and oxygen atoms in total. The van der Waals surface area contributed by atoms with Crippen molar-refractivity contribution in [3.63, 3.8) is 0 Å². The van der Waals surface area contributed by atoms with Crippen LogP contribution in [0.25, 0.3) is 0 Å². The Morgan fingerprint density at radius 2 is 2.22 bits per heavy atom. The second-order valence-electron chi connectivity index (χ2n) is 5.14. The van der Waals surface area contributed by atoms with Crippen LogP contribution in [0.15, 0.2) is 22.7 Å². The Morgan fingerprint density at radius 3 is 2.89 bits per heavy atom. The van der Waals surface area contributed by atoms with E-state index in [1.165, 1.54) is 0 Å². The molecule has 0 aromatic heterocycles. The van der Waals surface area contributed by atoms with Gasteiger partial charge in [0.05, 0.1) is 0 Å². The van der Waals surface area contributed by atoms with E-state index < -0.39 is 0 Å². The lowest BCUT2D eigenvalue weighted by Gasteiger charge is -2.35. The molecule has 1 aliphatic rings. The van der Waals surface area contributed by atoms with Gasteiger partial charge in [-0.25, -0.2) is 0 Å². The van der Waals surface area contributed by atoms with Crippen molar-refractivity contribution in [2.75, 3.05) is 13.1 Å². The van der Waals surface area contributed by atoms with Crippen molar-refractivity contribution in [3.05, 3.63) is 33.8 Å². The molecule has 98 valence electrons. The number of carbonyl (C=O) groups excluding carboxylic acids is 1. The molecule has 1 fully saturated rings. The Bertz CT molecular complexity index is 461. The third-order valence-electron chi connectivity index (χ3n) is 3.69. The smallest absolute Gasteiger partial charge is 0.254 e. The standard InChI is InChI=1S/C14H19BrN2O/c1-9-3-4-11(15)7-12(9)14(18)17-6-5-13(16)10(2)8-17/h3-4,7,10,13H,5-6,8,16H2,1-2H3. The summed E-state index contributed by atoms with van der Waals surface area (Å²) in [4.78, 5) is 14.4. The van der Waals surface area contributed by atoms with Gasteiger partial charge in [0.2, 0.25) is 0 Å². The van der Waals surface area contributed by atoms with Crippen LogP contribution >= 0.6 is 15.9 Å². The average Bonchev–Trinajstić information content (AvgIpc) is 2.35. The molecule has 1 heterocycles. The van der Waals surface area contributed by atoms with Gasteiger partial charge >= 0.3 is 0 Å². The monoisotopic (exact) mass is 310 g/mol. The maximum absolute atomic E-state index is 12.5. The van der Waals surface area contributed by atoms with Crippen molar-refractivity contribution in [2.45, 2.75) is 26.3 Å². The van der Waals surface area contributed by atoms with E-state index in [2.05, 4.69) is 22.9 Å². The van der Waals surface area contributed by atoms with Crippen LogP contribution in [0.2, 0.25) is 0 Å². The normalized spacial score (nSPS) is 24.1. The molecule has 2 N–H and O–H groups in total. The molecule has 2 unspecified atom stereocenters. The number of carbonyl (C=O) groups is 1. The van der Waals surface area contributed by atoms with Crippen LogP contribution in [0.5, 0.6) is 0 Å². The van der Waals surface area contributed by atoms with Crippen molar-refractivity contribution in [1.82, 2.24) is 4.90 Å². The van der Waals surface area contributed by atoms with Crippen molar-refractivity contribution in [1.29, 1.82) is 0 Å². The molecular formula is C14H19BrN2O. The van der Waals surface area contributed by atoms with E-state index in [1.54, 1.807) is 0 Å². The molecule has 1 amide bonds. The van der Waals surface area contributed by atoms with Gasteiger partial charge in [-0.05, 0) is 37.0 Å². The summed E-state index contributed by atoms with van der Waals surface area (Å²) in [5.74, 6) is 0.489. The van der Waals surface area contributed by atoms with Crippen LogP contribution in [0.3, 0.4) is 0 Å². The minimum Gasteiger partial charge on any atom is -0.338 e. The fourth-order valence-electron chi connectivity index (χ4n) is 2.34. The Morgan fingerprint density at radius 1 is 1.50 bits per heavy atom. The zero-order chi connectivity index (χ0) is 13.3. The van der Waals surface area contributed by atoms with E-state index in [4.69, 9.17) is 5.73 Å². The predicted molar refractivity (Wildman–Crippen MR) is 76.5 cm³/mol. The Hall–Kier alpha value is -0.870. The van der Waals surface area contributed by atoms with E-state index in [9.17, 15) is 4.79 Å². The molecule has 0 bridgehead atoms. The Labute approximate surface area is 116 Å². The molecule has 0 aliphatic carbocycles. The lowest BCUT2D eigenvalue weighted by molar-refractivity contribution is 0.0663. The number of piperidine rings is 1. The molecule has 18 heavy (non-hydrogen) atoms. The van der Waals surface area contributed by atoms with Gasteiger partial charge in [-0.15, -0.1) is 0 Å². The van der Waals surface area contributed by atoms with E-state index >= 15 is 0 Å². The fraction of sp³-hybridized carbons (Fsp3) is 0.500. The van der Waals surface area contributed by atoms with Crippen LogP contribution < -0.4 is 5.73 Å². The average molecular weight is 311 g/mol. The molecule has 1 aromatic carbocycles. The van der Waals surface area contributed by atoms with Gasteiger partial charge in [0.25, 0.3) is 5.91 Å². The maximum atomic E-state index is 12.5. The number of aryl methyl sites for hydroxylation is 1. The Kier molecular flexibility index (Phi) is 4.07. The van der Waals surface area contributed by atoms with E-state index in [0.29, 0.717) is 5.92 Å². The molecule has 0 spiro atoms. The SMILES string of the molecule is Cc1ccc(Br)cc1C(=O)N1CCC(N)C(C)C1. The van der Waals surface area contributed by atoms with Crippen molar-refractivity contribution >= 4 is 21.8 Å². The first-order valence-corrected chi connectivity index (χ1v) is 7.09. The lowest BCUT2D eigenvalue weighted by atomic mass is 9.94. The number of amides is 1. The predicted octanol–water partition coefficient (Wildman–Crippen LogP) is 2.57.